The molecule has 0 spiro atoms. The molecule has 2 heterocycles. The van der Waals surface area contributed by atoms with Crippen LogP contribution >= 0.6 is 11.8 Å². The third-order valence-corrected chi connectivity index (χ3v) is 6.11. The first-order valence-corrected chi connectivity index (χ1v) is 11.0. The molecule has 6 nitrogen and oxygen atoms in total. The van der Waals surface area contributed by atoms with Gasteiger partial charge < -0.3 is 10.3 Å². The number of para-hydroxylation sites is 1. The van der Waals surface area contributed by atoms with Gasteiger partial charge in [0.05, 0.1) is 4.91 Å². The van der Waals surface area contributed by atoms with Crippen LogP contribution in [0.25, 0.3) is 17.0 Å². The maximum Gasteiger partial charge on any atom is 0.293 e. The van der Waals surface area contributed by atoms with Crippen molar-refractivity contribution < 1.29 is 14.4 Å². The largest absolute Gasteiger partial charge is 0.361 e. The number of rotatable bonds is 7. The summed E-state index contributed by atoms with van der Waals surface area (Å²) in [6.07, 6.45) is 4.62. The predicted molar refractivity (Wildman–Crippen MR) is 123 cm³/mol. The van der Waals surface area contributed by atoms with E-state index in [0.29, 0.717) is 17.7 Å². The molecule has 1 aliphatic rings. The van der Waals surface area contributed by atoms with Gasteiger partial charge >= 0.3 is 0 Å². The SMILES string of the molecule is Cc1ccc(/C=C2\SC(=O)N(CCNC(=O)CCc3c[nH]c4ccccc34)C2=O)cc1. The maximum absolute atomic E-state index is 12.6. The number of nitrogens with zero attached hydrogens (tertiary/aromatic N) is 1. The van der Waals surface area contributed by atoms with Crippen molar-refractivity contribution in [3.05, 3.63) is 76.3 Å². The molecule has 0 bridgehead atoms. The summed E-state index contributed by atoms with van der Waals surface area (Å²) in [6.45, 7) is 2.39. The van der Waals surface area contributed by atoms with Crippen LogP contribution < -0.4 is 5.32 Å². The Morgan fingerprint density at radius 1 is 1.13 bits per heavy atom. The van der Waals surface area contributed by atoms with E-state index in [-0.39, 0.29) is 30.1 Å². The van der Waals surface area contributed by atoms with E-state index >= 15 is 0 Å². The van der Waals surface area contributed by atoms with Gasteiger partial charge in [0, 0.05) is 36.6 Å². The monoisotopic (exact) mass is 433 g/mol. The van der Waals surface area contributed by atoms with Crippen molar-refractivity contribution in [2.24, 2.45) is 0 Å². The van der Waals surface area contributed by atoms with Crippen LogP contribution in [0.3, 0.4) is 0 Å². The second-order valence-electron chi connectivity index (χ2n) is 7.45. The molecule has 0 unspecified atom stereocenters. The Morgan fingerprint density at radius 3 is 2.71 bits per heavy atom. The Labute approximate surface area is 184 Å². The summed E-state index contributed by atoms with van der Waals surface area (Å²) in [6, 6.07) is 15.7. The molecule has 0 saturated carbocycles. The fourth-order valence-electron chi connectivity index (χ4n) is 3.49. The maximum atomic E-state index is 12.6. The van der Waals surface area contributed by atoms with E-state index in [2.05, 4.69) is 10.3 Å². The topological polar surface area (TPSA) is 82.3 Å². The zero-order valence-electron chi connectivity index (χ0n) is 17.2. The van der Waals surface area contributed by atoms with E-state index in [4.69, 9.17) is 0 Å². The second kappa shape index (κ2) is 9.22. The Hall–Kier alpha value is -3.32. The number of imide groups is 1. The molecule has 7 heteroatoms. The van der Waals surface area contributed by atoms with Gasteiger partial charge in [-0.2, -0.15) is 0 Å². The van der Waals surface area contributed by atoms with Crippen molar-refractivity contribution in [2.75, 3.05) is 13.1 Å². The first-order valence-electron chi connectivity index (χ1n) is 10.1. The summed E-state index contributed by atoms with van der Waals surface area (Å²) in [5, 5.41) is 3.62. The Kier molecular flexibility index (Phi) is 6.23. The molecule has 158 valence electrons. The van der Waals surface area contributed by atoms with Crippen LogP contribution in [0.4, 0.5) is 4.79 Å². The van der Waals surface area contributed by atoms with Crippen LogP contribution in [0.1, 0.15) is 23.1 Å². The van der Waals surface area contributed by atoms with Crippen LogP contribution in [0.5, 0.6) is 0 Å². The standard InChI is InChI=1S/C24H23N3O3S/c1-16-6-8-17(9-7-16)14-21-23(29)27(24(30)31-21)13-12-25-22(28)11-10-18-15-26-20-5-3-2-4-19(18)20/h2-9,14-15,26H,10-13H2,1H3,(H,25,28)/b21-14-. The Morgan fingerprint density at radius 2 is 1.90 bits per heavy atom. The molecule has 1 aliphatic heterocycles. The van der Waals surface area contributed by atoms with Gasteiger partial charge in [-0.3, -0.25) is 19.3 Å². The van der Waals surface area contributed by atoms with Gasteiger partial charge in [0.1, 0.15) is 0 Å². The number of aromatic nitrogens is 1. The Balaban J connectivity index is 1.27. The van der Waals surface area contributed by atoms with Gasteiger partial charge in [0.25, 0.3) is 11.1 Å². The quantitative estimate of drug-likeness (QED) is 0.546. The normalized spacial score (nSPS) is 15.3. The summed E-state index contributed by atoms with van der Waals surface area (Å²) in [5.74, 6) is -0.420. The van der Waals surface area contributed by atoms with Crippen LogP contribution in [0, 0.1) is 6.92 Å². The number of nitrogens with one attached hydrogen (secondary N) is 2. The van der Waals surface area contributed by atoms with Crippen LogP contribution in [-0.4, -0.2) is 40.0 Å². The van der Waals surface area contributed by atoms with Gasteiger partial charge in [-0.25, -0.2) is 0 Å². The highest BCUT2D eigenvalue weighted by molar-refractivity contribution is 8.18. The van der Waals surface area contributed by atoms with E-state index in [1.807, 2.05) is 61.7 Å². The number of carbonyl (C=O) groups is 3. The van der Waals surface area contributed by atoms with Crippen LogP contribution in [0.2, 0.25) is 0 Å². The van der Waals surface area contributed by atoms with Crippen molar-refractivity contribution in [1.29, 1.82) is 0 Å². The third-order valence-electron chi connectivity index (χ3n) is 5.20. The first-order chi connectivity index (χ1) is 15.0. The first kappa shape index (κ1) is 20.9. The van der Waals surface area contributed by atoms with Crippen molar-refractivity contribution in [2.45, 2.75) is 19.8 Å². The summed E-state index contributed by atoms with van der Waals surface area (Å²) >= 11 is 0.932. The smallest absolute Gasteiger partial charge is 0.293 e. The Bertz CT molecular complexity index is 1160. The zero-order valence-corrected chi connectivity index (χ0v) is 18.0. The second-order valence-corrected chi connectivity index (χ2v) is 8.45. The number of hydrogen-bond acceptors (Lipinski definition) is 4. The van der Waals surface area contributed by atoms with Crippen LogP contribution in [0.15, 0.2) is 59.6 Å². The molecule has 3 amide bonds. The van der Waals surface area contributed by atoms with Crippen molar-refractivity contribution in [3.63, 3.8) is 0 Å². The average Bonchev–Trinajstić information content (AvgIpc) is 3.29. The molecule has 3 aromatic rings. The van der Waals surface area contributed by atoms with Crippen LogP contribution in [-0.2, 0) is 16.0 Å². The van der Waals surface area contributed by atoms with Gasteiger partial charge in [-0.15, -0.1) is 0 Å². The number of benzene rings is 2. The highest BCUT2D eigenvalue weighted by atomic mass is 32.2. The number of amides is 3. The van der Waals surface area contributed by atoms with E-state index in [1.54, 1.807) is 6.08 Å². The van der Waals surface area contributed by atoms with Crippen molar-refractivity contribution >= 4 is 45.8 Å². The molecule has 0 atom stereocenters. The summed E-state index contributed by atoms with van der Waals surface area (Å²) < 4.78 is 0. The van der Waals surface area contributed by atoms with Gasteiger partial charge in [0.15, 0.2) is 0 Å². The molecule has 2 aromatic carbocycles. The fourth-order valence-corrected chi connectivity index (χ4v) is 4.35. The lowest BCUT2D eigenvalue weighted by atomic mass is 10.1. The molecule has 1 aromatic heterocycles. The minimum atomic E-state index is -0.316. The highest BCUT2D eigenvalue weighted by Gasteiger charge is 2.34. The summed E-state index contributed by atoms with van der Waals surface area (Å²) in [5.41, 5.74) is 4.15. The van der Waals surface area contributed by atoms with Gasteiger partial charge in [0.2, 0.25) is 5.91 Å². The van der Waals surface area contributed by atoms with E-state index in [1.165, 1.54) is 4.90 Å². The molecule has 0 aliphatic carbocycles. The highest BCUT2D eigenvalue weighted by Crippen LogP contribution is 2.31. The number of fused-ring (bicyclic) bond motifs is 1. The van der Waals surface area contributed by atoms with Gasteiger partial charge in [-0.05, 0) is 48.4 Å². The molecule has 31 heavy (non-hydrogen) atoms. The average molecular weight is 434 g/mol. The molecule has 1 saturated heterocycles. The lowest BCUT2D eigenvalue weighted by Crippen LogP contribution is -2.37. The lowest BCUT2D eigenvalue weighted by Gasteiger charge is -2.13. The van der Waals surface area contributed by atoms with E-state index < -0.39 is 0 Å². The number of H-pyrrole nitrogens is 1. The summed E-state index contributed by atoms with van der Waals surface area (Å²) in [7, 11) is 0. The lowest BCUT2D eigenvalue weighted by molar-refractivity contribution is -0.124. The molecule has 0 radical (unpaired) electrons. The minimum absolute atomic E-state index is 0.104. The molecular weight excluding hydrogens is 410 g/mol. The van der Waals surface area contributed by atoms with E-state index in [9.17, 15) is 14.4 Å². The minimum Gasteiger partial charge on any atom is -0.361 e. The van der Waals surface area contributed by atoms with Crippen molar-refractivity contribution in [3.8, 4) is 0 Å². The number of hydrogen-bond donors (Lipinski definition) is 2. The molecule has 2 N–H and O–H groups in total. The molecule has 1 fully saturated rings. The van der Waals surface area contributed by atoms with E-state index in [0.717, 1.165) is 39.4 Å². The fraction of sp³-hybridized carbons (Fsp3) is 0.208. The zero-order chi connectivity index (χ0) is 21.8. The molecular formula is C24H23N3O3S. The number of carbonyl (C=O) groups excluding carboxylic acids is 3. The number of aryl methyl sites for hydroxylation is 2. The van der Waals surface area contributed by atoms with Gasteiger partial charge in [-0.1, -0.05) is 48.0 Å². The number of thioether (sulfide) groups is 1. The molecule has 4 rings (SSSR count). The predicted octanol–water partition coefficient (Wildman–Crippen LogP) is 4.26. The number of aromatic amines is 1. The summed E-state index contributed by atoms with van der Waals surface area (Å²) in [4.78, 5) is 41.8. The third kappa shape index (κ3) is 4.88. The van der Waals surface area contributed by atoms with Crippen molar-refractivity contribution in [1.82, 2.24) is 15.2 Å².